The van der Waals surface area contributed by atoms with Crippen molar-refractivity contribution in [3.63, 3.8) is 0 Å². The largest absolute Gasteiger partial charge is 0.458 e. The molecule has 3 rings (SSSR count). The normalized spacial score (nSPS) is 10.9. The second-order valence-electron chi connectivity index (χ2n) is 6.68. The summed E-state index contributed by atoms with van der Waals surface area (Å²) in [5.41, 5.74) is 2.34. The molecule has 0 atom stereocenters. The van der Waals surface area contributed by atoms with E-state index in [-0.39, 0.29) is 17.6 Å². The number of ether oxygens (including phenoxy) is 1. The fourth-order valence-electron chi connectivity index (χ4n) is 3.24. The molecule has 0 amide bonds. The van der Waals surface area contributed by atoms with Crippen molar-refractivity contribution in [3.8, 4) is 11.1 Å². The van der Waals surface area contributed by atoms with Gasteiger partial charge in [-0.15, -0.1) is 0 Å². The number of carbonyl (C=O) groups is 1. The molecule has 0 aliphatic rings. The summed E-state index contributed by atoms with van der Waals surface area (Å²) in [7, 11) is 2.99. The number of pyridine rings is 1. The van der Waals surface area contributed by atoms with E-state index >= 15 is 0 Å². The molecule has 28 heavy (non-hydrogen) atoms. The van der Waals surface area contributed by atoms with Crippen molar-refractivity contribution in [1.29, 1.82) is 0 Å². The number of rotatable bonds is 4. The van der Waals surface area contributed by atoms with Gasteiger partial charge in [0.05, 0.1) is 7.05 Å². The fourth-order valence-corrected chi connectivity index (χ4v) is 3.24. The van der Waals surface area contributed by atoms with Gasteiger partial charge < -0.3 is 4.74 Å². The number of carbonyl (C=O) groups excluding carboxylic acids is 1. The van der Waals surface area contributed by atoms with E-state index in [0.29, 0.717) is 22.5 Å². The summed E-state index contributed by atoms with van der Waals surface area (Å²) in [6.45, 7) is 7.27. The Labute approximate surface area is 161 Å². The number of aromatic amines is 1. The number of H-pyrrole nitrogens is 1. The summed E-state index contributed by atoms with van der Waals surface area (Å²) < 4.78 is 7.65. The lowest BCUT2D eigenvalue weighted by atomic mass is 9.95. The van der Waals surface area contributed by atoms with Crippen LogP contribution in [-0.4, -0.2) is 21.7 Å². The van der Waals surface area contributed by atoms with Gasteiger partial charge in [0.25, 0.3) is 11.2 Å². The Morgan fingerprint density at radius 3 is 2.39 bits per heavy atom. The molecule has 1 N–H and O–H groups in total. The molecule has 7 nitrogen and oxygen atoms in total. The average Bonchev–Trinajstić information content (AvgIpc) is 2.68. The first-order valence-corrected chi connectivity index (χ1v) is 8.78. The number of hydrogen-bond donors (Lipinski definition) is 0. The number of hydrogen-bond acceptors (Lipinski definition) is 4. The number of aromatic nitrogens is 3. The first-order valence-electron chi connectivity index (χ1n) is 8.78. The Balaban J connectivity index is 2.54. The zero-order valence-corrected chi connectivity index (χ0v) is 16.3. The minimum atomic E-state index is -0.568. The van der Waals surface area contributed by atoms with Gasteiger partial charge in [-0.2, -0.15) is 4.57 Å². The number of esters is 1. The third-order valence-electron chi connectivity index (χ3n) is 4.72. The first kappa shape index (κ1) is 19.3. The zero-order valence-electron chi connectivity index (χ0n) is 16.3. The number of benzene rings is 1. The molecule has 0 unspecified atom stereocenters. The smallest absolute Gasteiger partial charge is 0.417 e. The van der Waals surface area contributed by atoms with Gasteiger partial charge in [-0.25, -0.2) is 19.1 Å². The minimum Gasteiger partial charge on any atom is -0.458 e. The lowest BCUT2D eigenvalue weighted by Crippen LogP contribution is -2.40. The van der Waals surface area contributed by atoms with Crippen LogP contribution in [0.15, 0.2) is 46.5 Å². The Bertz CT molecular complexity index is 1220. The lowest BCUT2D eigenvalue weighted by Gasteiger charge is -2.14. The third kappa shape index (κ3) is 3.05. The summed E-state index contributed by atoms with van der Waals surface area (Å²) in [5.74, 6) is -0.568. The van der Waals surface area contributed by atoms with Gasteiger partial charge in [-0.3, -0.25) is 4.79 Å². The average molecular weight is 380 g/mol. The monoisotopic (exact) mass is 380 g/mol. The molecule has 7 heteroatoms. The van der Waals surface area contributed by atoms with Crippen molar-refractivity contribution in [2.75, 3.05) is 6.61 Å². The molecule has 144 valence electrons. The van der Waals surface area contributed by atoms with Crippen LogP contribution in [0.3, 0.4) is 0 Å². The van der Waals surface area contributed by atoms with Crippen LogP contribution < -0.4 is 16.2 Å². The van der Waals surface area contributed by atoms with E-state index in [2.05, 4.69) is 11.6 Å². The summed E-state index contributed by atoms with van der Waals surface area (Å²) in [4.78, 5) is 41.2. The van der Waals surface area contributed by atoms with E-state index in [1.54, 1.807) is 14.0 Å². The molecule has 0 bridgehead atoms. The highest BCUT2D eigenvalue weighted by molar-refractivity contribution is 6.05. The molecule has 3 aromatic rings. The topological polar surface area (TPSA) is 84.4 Å². The second kappa shape index (κ2) is 7.26. The van der Waals surface area contributed by atoms with Crippen LogP contribution in [0, 0.1) is 13.8 Å². The van der Waals surface area contributed by atoms with Gasteiger partial charge in [0.2, 0.25) is 0 Å². The highest BCUT2D eigenvalue weighted by atomic mass is 16.5. The zero-order chi connectivity index (χ0) is 20.6. The van der Waals surface area contributed by atoms with E-state index < -0.39 is 17.2 Å². The van der Waals surface area contributed by atoms with Crippen LogP contribution in [-0.2, 0) is 18.8 Å². The number of nitrogens with zero attached hydrogens (tertiary/aromatic N) is 2. The third-order valence-corrected chi connectivity index (χ3v) is 4.72. The molecular formula is C21H22N3O4+. The van der Waals surface area contributed by atoms with Crippen LogP contribution in [0.25, 0.3) is 22.2 Å². The van der Waals surface area contributed by atoms with Gasteiger partial charge in [0.1, 0.15) is 23.3 Å². The summed E-state index contributed by atoms with van der Waals surface area (Å²) in [6.07, 6.45) is 1.48. The Hall–Kier alpha value is -3.48. The molecule has 1 aromatic carbocycles. The second-order valence-corrected chi connectivity index (χ2v) is 6.68. The maximum absolute atomic E-state index is 13.0. The number of fused-ring (bicyclic) bond motifs is 1. The van der Waals surface area contributed by atoms with Crippen LogP contribution >= 0.6 is 0 Å². The maximum atomic E-state index is 13.0. The summed E-state index contributed by atoms with van der Waals surface area (Å²) >= 11 is 0. The quantitative estimate of drug-likeness (QED) is 0.509. The predicted octanol–water partition coefficient (Wildman–Crippen LogP) is 1.68. The van der Waals surface area contributed by atoms with Crippen molar-refractivity contribution in [2.24, 2.45) is 14.1 Å². The van der Waals surface area contributed by atoms with Crippen LogP contribution in [0.2, 0.25) is 0 Å². The highest BCUT2D eigenvalue weighted by Crippen LogP contribution is 2.30. The maximum Gasteiger partial charge on any atom is 0.417 e. The van der Waals surface area contributed by atoms with Crippen LogP contribution in [0.5, 0.6) is 0 Å². The van der Waals surface area contributed by atoms with E-state index in [0.717, 1.165) is 10.1 Å². The molecule has 0 saturated carbocycles. The fraction of sp³-hybridized carbons (Fsp3) is 0.238. The number of nitrogens with one attached hydrogen (secondary N) is 1. The molecule has 0 aliphatic carbocycles. The Kier molecular flexibility index (Phi) is 5.00. The molecule has 0 saturated heterocycles. The molecule has 0 aliphatic heterocycles. The van der Waals surface area contributed by atoms with E-state index in [1.165, 1.54) is 17.7 Å². The first-order chi connectivity index (χ1) is 13.3. The molecule has 0 spiro atoms. The SMILES string of the molecule is C=CCOC(=O)c1c(C)[nH+]c2c(c1-c1ccc(C)cc1)c(=O)n(C)c(=O)n2C. The van der Waals surface area contributed by atoms with Gasteiger partial charge in [-0.1, -0.05) is 42.5 Å². The standard InChI is InChI=1S/C21H21N3O4/c1-6-11-28-20(26)15-13(3)22-18-17(19(25)24(5)21(27)23(18)4)16(15)14-9-7-12(2)8-10-14/h6-10H,1,11H2,2-5H3/p+1. The van der Waals surface area contributed by atoms with Crippen molar-refractivity contribution < 1.29 is 14.5 Å². The number of aryl methyl sites for hydroxylation is 3. The highest BCUT2D eigenvalue weighted by Gasteiger charge is 2.28. The van der Waals surface area contributed by atoms with Gasteiger partial charge in [0.15, 0.2) is 0 Å². The predicted molar refractivity (Wildman–Crippen MR) is 106 cm³/mol. The van der Waals surface area contributed by atoms with Crippen molar-refractivity contribution in [1.82, 2.24) is 9.13 Å². The van der Waals surface area contributed by atoms with Gasteiger partial charge in [-0.05, 0) is 19.4 Å². The Morgan fingerprint density at radius 1 is 1.14 bits per heavy atom. The van der Waals surface area contributed by atoms with Crippen molar-refractivity contribution in [3.05, 3.63) is 74.6 Å². The summed E-state index contributed by atoms with van der Waals surface area (Å²) in [5, 5.41) is 0.254. The molecule has 2 aromatic heterocycles. The van der Waals surface area contributed by atoms with E-state index in [1.807, 2.05) is 31.2 Å². The minimum absolute atomic E-state index is 0.0505. The molecule has 0 fully saturated rings. The van der Waals surface area contributed by atoms with Gasteiger partial charge >= 0.3 is 11.7 Å². The van der Waals surface area contributed by atoms with E-state index in [4.69, 9.17) is 4.74 Å². The molecular weight excluding hydrogens is 358 g/mol. The van der Waals surface area contributed by atoms with E-state index in [9.17, 15) is 14.4 Å². The van der Waals surface area contributed by atoms with Crippen molar-refractivity contribution >= 4 is 17.0 Å². The van der Waals surface area contributed by atoms with Crippen molar-refractivity contribution in [2.45, 2.75) is 13.8 Å². The van der Waals surface area contributed by atoms with Crippen LogP contribution in [0.4, 0.5) is 0 Å². The van der Waals surface area contributed by atoms with Gasteiger partial charge in [0, 0.05) is 12.6 Å². The molecule has 2 heterocycles. The Morgan fingerprint density at radius 2 is 1.79 bits per heavy atom. The summed E-state index contributed by atoms with van der Waals surface area (Å²) in [6, 6.07) is 7.49. The lowest BCUT2D eigenvalue weighted by molar-refractivity contribution is -0.359. The van der Waals surface area contributed by atoms with Crippen LogP contribution in [0.1, 0.15) is 21.6 Å². The molecule has 0 radical (unpaired) electrons.